The molecular weight excluding hydrogens is 232 g/mol. The summed E-state index contributed by atoms with van der Waals surface area (Å²) in [4.78, 5) is 0. The summed E-state index contributed by atoms with van der Waals surface area (Å²) >= 11 is 6.28. The second kappa shape index (κ2) is 4.43. The summed E-state index contributed by atoms with van der Waals surface area (Å²) in [6, 6.07) is 6.39. The molecule has 0 aliphatic carbocycles. The fourth-order valence-corrected chi connectivity index (χ4v) is 2.44. The van der Waals surface area contributed by atoms with Crippen molar-refractivity contribution in [3.05, 3.63) is 34.0 Å². The lowest BCUT2D eigenvalue weighted by Crippen LogP contribution is -1.96. The second-order valence-corrected chi connectivity index (χ2v) is 4.74. The van der Waals surface area contributed by atoms with Crippen molar-refractivity contribution in [1.29, 1.82) is 5.26 Å². The molecule has 0 spiro atoms. The molecule has 1 aromatic carbocycles. The van der Waals surface area contributed by atoms with Gasteiger partial charge in [-0.1, -0.05) is 18.5 Å². The third kappa shape index (κ3) is 1.81. The first-order valence-corrected chi connectivity index (χ1v) is 6.17. The van der Waals surface area contributed by atoms with Crippen LogP contribution in [0.1, 0.15) is 30.0 Å². The summed E-state index contributed by atoms with van der Waals surface area (Å²) in [7, 11) is 0. The highest BCUT2D eigenvalue weighted by atomic mass is 35.5. The number of halogens is 1. The quantitative estimate of drug-likeness (QED) is 0.781. The highest BCUT2D eigenvalue weighted by Gasteiger charge is 2.15. The maximum absolute atomic E-state index is 9.21. The van der Waals surface area contributed by atoms with Crippen LogP contribution in [0.5, 0.6) is 0 Å². The minimum Gasteiger partial charge on any atom is -0.330 e. The number of benzene rings is 1. The second-order valence-electron chi connectivity index (χ2n) is 4.38. The number of hydrogen-bond acceptors (Lipinski definition) is 1. The number of aryl methyl sites for hydroxylation is 3. The normalized spacial score (nSPS) is 10.8. The molecule has 0 unspecified atom stereocenters. The highest BCUT2D eigenvalue weighted by Crippen LogP contribution is 2.31. The molecule has 0 aliphatic rings. The molecule has 17 heavy (non-hydrogen) atoms. The Morgan fingerprint density at radius 3 is 2.53 bits per heavy atom. The predicted octanol–water partition coefficient (Wildman–Crippen LogP) is 4.19. The molecule has 0 saturated heterocycles. The van der Waals surface area contributed by atoms with E-state index in [2.05, 4.69) is 39.0 Å². The van der Waals surface area contributed by atoms with E-state index in [1.165, 1.54) is 11.1 Å². The first-order valence-electron chi connectivity index (χ1n) is 5.79. The standard InChI is InChI=1S/C14H15ClN2/c1-4-5-17-13-7-10(3)9(2)6-11(13)12(8-16)14(17)15/h6-7H,4-5H2,1-3H3. The van der Waals surface area contributed by atoms with Crippen LogP contribution < -0.4 is 0 Å². The Kier molecular flexibility index (Phi) is 3.13. The molecule has 1 heterocycles. The van der Waals surface area contributed by atoms with Gasteiger partial charge < -0.3 is 4.57 Å². The summed E-state index contributed by atoms with van der Waals surface area (Å²) < 4.78 is 2.03. The summed E-state index contributed by atoms with van der Waals surface area (Å²) in [6.45, 7) is 7.09. The Morgan fingerprint density at radius 1 is 1.29 bits per heavy atom. The Balaban J connectivity index is 2.86. The van der Waals surface area contributed by atoms with Gasteiger partial charge in [-0.05, 0) is 43.5 Å². The molecule has 2 aromatic rings. The minimum atomic E-state index is 0.564. The Labute approximate surface area is 106 Å². The Morgan fingerprint density at radius 2 is 1.94 bits per heavy atom. The molecule has 88 valence electrons. The highest BCUT2D eigenvalue weighted by molar-refractivity contribution is 6.32. The molecule has 1 aromatic heterocycles. The van der Waals surface area contributed by atoms with Crippen LogP contribution in [0.4, 0.5) is 0 Å². The zero-order valence-corrected chi connectivity index (χ0v) is 11.1. The molecule has 0 radical (unpaired) electrons. The molecule has 0 aliphatic heterocycles. The Bertz CT molecular complexity index is 617. The van der Waals surface area contributed by atoms with Crippen molar-refractivity contribution < 1.29 is 0 Å². The molecule has 0 fully saturated rings. The number of fused-ring (bicyclic) bond motifs is 1. The van der Waals surface area contributed by atoms with E-state index in [-0.39, 0.29) is 0 Å². The van der Waals surface area contributed by atoms with Gasteiger partial charge in [-0.3, -0.25) is 0 Å². The van der Waals surface area contributed by atoms with E-state index in [1.807, 2.05) is 4.57 Å². The first kappa shape index (κ1) is 12.0. The molecular formula is C14H15ClN2. The van der Waals surface area contributed by atoms with Gasteiger partial charge in [0.05, 0.1) is 11.1 Å². The maximum atomic E-state index is 9.21. The lowest BCUT2D eigenvalue weighted by Gasteiger charge is -2.06. The van der Waals surface area contributed by atoms with E-state index < -0.39 is 0 Å². The first-order chi connectivity index (χ1) is 8.10. The predicted molar refractivity (Wildman–Crippen MR) is 71.4 cm³/mol. The van der Waals surface area contributed by atoms with Gasteiger partial charge in [0.15, 0.2) is 0 Å². The van der Waals surface area contributed by atoms with E-state index in [0.29, 0.717) is 10.7 Å². The average molecular weight is 247 g/mol. The summed E-state index contributed by atoms with van der Waals surface area (Å²) in [6.07, 6.45) is 1.00. The fourth-order valence-electron chi connectivity index (χ4n) is 2.12. The van der Waals surface area contributed by atoms with Crippen molar-refractivity contribution in [3.63, 3.8) is 0 Å². The van der Waals surface area contributed by atoms with E-state index in [0.717, 1.165) is 23.9 Å². The fraction of sp³-hybridized carbons (Fsp3) is 0.357. The minimum absolute atomic E-state index is 0.564. The van der Waals surface area contributed by atoms with Gasteiger partial charge in [-0.25, -0.2) is 0 Å². The number of nitriles is 1. The van der Waals surface area contributed by atoms with E-state index in [9.17, 15) is 5.26 Å². The van der Waals surface area contributed by atoms with Crippen LogP contribution in [0.3, 0.4) is 0 Å². The molecule has 0 bridgehead atoms. The topological polar surface area (TPSA) is 28.7 Å². The van der Waals surface area contributed by atoms with Crippen LogP contribution in [0, 0.1) is 25.2 Å². The van der Waals surface area contributed by atoms with Crippen LogP contribution in [0.15, 0.2) is 12.1 Å². The molecule has 0 saturated carbocycles. The SMILES string of the molecule is CCCn1c(Cl)c(C#N)c2cc(C)c(C)cc21. The van der Waals surface area contributed by atoms with Crippen LogP contribution >= 0.6 is 11.6 Å². The van der Waals surface area contributed by atoms with Gasteiger partial charge in [0.1, 0.15) is 11.2 Å². The van der Waals surface area contributed by atoms with Gasteiger partial charge in [0, 0.05) is 11.9 Å². The molecule has 2 rings (SSSR count). The third-order valence-electron chi connectivity index (χ3n) is 3.17. The summed E-state index contributed by atoms with van der Waals surface area (Å²) in [5.74, 6) is 0. The average Bonchev–Trinajstić information content (AvgIpc) is 2.54. The van der Waals surface area contributed by atoms with Crippen molar-refractivity contribution in [2.24, 2.45) is 0 Å². The summed E-state index contributed by atoms with van der Waals surface area (Å²) in [5, 5.41) is 10.7. The molecule has 2 nitrogen and oxygen atoms in total. The van der Waals surface area contributed by atoms with Gasteiger partial charge >= 0.3 is 0 Å². The van der Waals surface area contributed by atoms with Crippen molar-refractivity contribution in [1.82, 2.24) is 4.57 Å². The zero-order valence-electron chi connectivity index (χ0n) is 10.3. The number of nitrogens with zero attached hydrogens (tertiary/aromatic N) is 2. The van der Waals surface area contributed by atoms with Crippen molar-refractivity contribution in [3.8, 4) is 6.07 Å². The molecule has 0 N–H and O–H groups in total. The number of hydrogen-bond donors (Lipinski definition) is 0. The number of rotatable bonds is 2. The van der Waals surface area contributed by atoms with Crippen molar-refractivity contribution in [2.45, 2.75) is 33.7 Å². The van der Waals surface area contributed by atoms with Crippen LogP contribution in [-0.4, -0.2) is 4.57 Å². The van der Waals surface area contributed by atoms with Gasteiger partial charge in [0.2, 0.25) is 0 Å². The summed E-state index contributed by atoms with van der Waals surface area (Å²) in [5.41, 5.74) is 4.09. The smallest absolute Gasteiger partial charge is 0.128 e. The largest absolute Gasteiger partial charge is 0.330 e. The van der Waals surface area contributed by atoms with E-state index in [4.69, 9.17) is 11.6 Å². The zero-order chi connectivity index (χ0) is 12.6. The lowest BCUT2D eigenvalue weighted by atomic mass is 10.1. The van der Waals surface area contributed by atoms with Crippen molar-refractivity contribution in [2.75, 3.05) is 0 Å². The lowest BCUT2D eigenvalue weighted by molar-refractivity contribution is 0.703. The van der Waals surface area contributed by atoms with Crippen LogP contribution in [-0.2, 0) is 6.54 Å². The van der Waals surface area contributed by atoms with E-state index in [1.54, 1.807) is 0 Å². The molecule has 0 amide bonds. The molecule has 0 atom stereocenters. The third-order valence-corrected chi connectivity index (χ3v) is 3.57. The van der Waals surface area contributed by atoms with Gasteiger partial charge in [0.25, 0.3) is 0 Å². The number of aromatic nitrogens is 1. The van der Waals surface area contributed by atoms with Gasteiger partial charge in [-0.2, -0.15) is 5.26 Å². The maximum Gasteiger partial charge on any atom is 0.128 e. The Hall–Kier alpha value is -1.46. The van der Waals surface area contributed by atoms with Crippen molar-refractivity contribution >= 4 is 22.5 Å². The van der Waals surface area contributed by atoms with E-state index >= 15 is 0 Å². The van der Waals surface area contributed by atoms with Gasteiger partial charge in [-0.15, -0.1) is 0 Å². The van der Waals surface area contributed by atoms with Crippen LogP contribution in [0.25, 0.3) is 10.9 Å². The van der Waals surface area contributed by atoms with Crippen LogP contribution in [0.2, 0.25) is 5.15 Å². The monoisotopic (exact) mass is 246 g/mol. The molecule has 3 heteroatoms.